The highest BCUT2D eigenvalue weighted by Gasteiger charge is 2.15. The van der Waals surface area contributed by atoms with Crippen molar-refractivity contribution in [3.8, 4) is 16.8 Å². The number of nitrogens with zero attached hydrogens (tertiary/aromatic N) is 3. The molecule has 7 nitrogen and oxygen atoms in total. The number of aliphatic hydroxyl groups is 1. The zero-order chi connectivity index (χ0) is 17.1. The second-order valence-corrected chi connectivity index (χ2v) is 5.41. The summed E-state index contributed by atoms with van der Waals surface area (Å²) in [5, 5.41) is 13.2. The van der Waals surface area contributed by atoms with Gasteiger partial charge in [-0.1, -0.05) is 30.3 Å². The zero-order valence-corrected chi connectivity index (χ0v) is 13.1. The molecule has 0 saturated heterocycles. The van der Waals surface area contributed by atoms with Gasteiger partial charge in [0.15, 0.2) is 0 Å². The van der Waals surface area contributed by atoms with E-state index < -0.39 is 0 Å². The first-order valence-electron chi connectivity index (χ1n) is 7.62. The summed E-state index contributed by atoms with van der Waals surface area (Å²) < 4.78 is 2.93. The van der Waals surface area contributed by atoms with E-state index in [1.54, 1.807) is 18.5 Å². The van der Waals surface area contributed by atoms with Gasteiger partial charge in [-0.2, -0.15) is 5.10 Å². The largest absolute Gasteiger partial charge is 0.396 e. The fourth-order valence-electron chi connectivity index (χ4n) is 2.57. The SMILES string of the molecule is Nc1c(-n2ncc(-c3ccccc3)c2N)ccn(CCCO)c1=O. The molecule has 0 bridgehead atoms. The summed E-state index contributed by atoms with van der Waals surface area (Å²) in [7, 11) is 0. The number of pyridine rings is 1. The summed E-state index contributed by atoms with van der Waals surface area (Å²) in [6, 6.07) is 11.3. The lowest BCUT2D eigenvalue weighted by Crippen LogP contribution is -2.25. The molecule has 1 aromatic carbocycles. The minimum atomic E-state index is -0.322. The molecule has 7 heteroatoms. The van der Waals surface area contributed by atoms with E-state index in [2.05, 4.69) is 5.10 Å². The predicted molar refractivity (Wildman–Crippen MR) is 93.8 cm³/mol. The Kier molecular flexibility index (Phi) is 4.35. The molecule has 124 valence electrons. The molecule has 24 heavy (non-hydrogen) atoms. The molecule has 3 rings (SSSR count). The van der Waals surface area contributed by atoms with Crippen molar-refractivity contribution in [2.75, 3.05) is 18.1 Å². The molecular formula is C17H19N5O2. The monoisotopic (exact) mass is 325 g/mol. The number of aryl methyl sites for hydroxylation is 1. The number of aromatic nitrogens is 3. The van der Waals surface area contributed by atoms with Crippen LogP contribution in [0.3, 0.4) is 0 Å². The third-order valence-electron chi connectivity index (χ3n) is 3.86. The Morgan fingerprint density at radius 1 is 1.12 bits per heavy atom. The van der Waals surface area contributed by atoms with E-state index in [0.29, 0.717) is 24.5 Å². The van der Waals surface area contributed by atoms with Crippen LogP contribution in [-0.2, 0) is 6.54 Å². The Morgan fingerprint density at radius 3 is 2.58 bits per heavy atom. The van der Waals surface area contributed by atoms with E-state index in [9.17, 15) is 4.79 Å². The fraction of sp³-hybridized carbons (Fsp3) is 0.176. The molecule has 0 radical (unpaired) electrons. The Bertz CT molecular complexity index is 899. The molecule has 0 unspecified atom stereocenters. The van der Waals surface area contributed by atoms with Crippen LogP contribution in [-0.4, -0.2) is 26.1 Å². The highest BCUT2D eigenvalue weighted by atomic mass is 16.3. The summed E-state index contributed by atoms with van der Waals surface area (Å²) in [5.41, 5.74) is 14.1. The molecule has 0 aliphatic carbocycles. The molecule has 0 aliphatic heterocycles. The van der Waals surface area contributed by atoms with Gasteiger partial charge in [-0.15, -0.1) is 0 Å². The minimum absolute atomic E-state index is 0.0145. The number of nitrogen functional groups attached to an aromatic ring is 2. The summed E-state index contributed by atoms with van der Waals surface area (Å²) >= 11 is 0. The van der Waals surface area contributed by atoms with Gasteiger partial charge in [0.2, 0.25) is 0 Å². The Labute approximate surface area is 138 Å². The van der Waals surface area contributed by atoms with Crippen LogP contribution in [0.2, 0.25) is 0 Å². The number of aliphatic hydroxyl groups excluding tert-OH is 1. The lowest BCUT2D eigenvalue weighted by Gasteiger charge is -2.11. The van der Waals surface area contributed by atoms with Gasteiger partial charge in [0, 0.05) is 24.9 Å². The Hall–Kier alpha value is -3.06. The number of hydrogen-bond acceptors (Lipinski definition) is 5. The zero-order valence-electron chi connectivity index (χ0n) is 13.1. The van der Waals surface area contributed by atoms with Crippen molar-refractivity contribution < 1.29 is 5.11 Å². The highest BCUT2D eigenvalue weighted by molar-refractivity contribution is 5.75. The van der Waals surface area contributed by atoms with Gasteiger partial charge in [-0.3, -0.25) is 4.79 Å². The number of hydrogen-bond donors (Lipinski definition) is 3. The molecule has 0 amide bonds. The van der Waals surface area contributed by atoms with Crippen LogP contribution in [0.4, 0.5) is 11.5 Å². The number of nitrogens with two attached hydrogens (primary N) is 2. The Balaban J connectivity index is 2.03. The van der Waals surface area contributed by atoms with Crippen molar-refractivity contribution >= 4 is 11.5 Å². The molecule has 5 N–H and O–H groups in total. The van der Waals surface area contributed by atoms with Crippen LogP contribution >= 0.6 is 0 Å². The molecule has 2 aromatic heterocycles. The van der Waals surface area contributed by atoms with Crippen molar-refractivity contribution in [1.82, 2.24) is 14.3 Å². The van der Waals surface area contributed by atoms with Crippen LogP contribution in [0.5, 0.6) is 0 Å². The molecular weight excluding hydrogens is 306 g/mol. The third kappa shape index (κ3) is 2.77. The van der Waals surface area contributed by atoms with E-state index in [4.69, 9.17) is 16.6 Å². The van der Waals surface area contributed by atoms with Crippen molar-refractivity contribution in [3.05, 3.63) is 59.1 Å². The lowest BCUT2D eigenvalue weighted by atomic mass is 10.1. The van der Waals surface area contributed by atoms with Gasteiger partial charge in [-0.05, 0) is 18.1 Å². The van der Waals surface area contributed by atoms with Crippen molar-refractivity contribution in [3.63, 3.8) is 0 Å². The average Bonchev–Trinajstić information content (AvgIpc) is 2.98. The molecule has 0 spiro atoms. The van der Waals surface area contributed by atoms with Crippen LogP contribution in [0.15, 0.2) is 53.6 Å². The summed E-state index contributed by atoms with van der Waals surface area (Å²) in [5.74, 6) is 0.417. The predicted octanol–water partition coefficient (Wildman–Crippen LogP) is 1.25. The van der Waals surface area contributed by atoms with E-state index in [1.165, 1.54) is 9.25 Å². The fourth-order valence-corrected chi connectivity index (χ4v) is 2.57. The maximum atomic E-state index is 12.3. The maximum Gasteiger partial charge on any atom is 0.275 e. The summed E-state index contributed by atoms with van der Waals surface area (Å²) in [6.07, 6.45) is 3.77. The van der Waals surface area contributed by atoms with Crippen molar-refractivity contribution in [2.45, 2.75) is 13.0 Å². The average molecular weight is 325 g/mol. The summed E-state index contributed by atoms with van der Waals surface area (Å²) in [6.45, 7) is 0.421. The van der Waals surface area contributed by atoms with Gasteiger partial charge >= 0.3 is 0 Å². The van der Waals surface area contributed by atoms with Gasteiger partial charge in [0.1, 0.15) is 11.5 Å². The van der Waals surface area contributed by atoms with Crippen LogP contribution in [0.1, 0.15) is 6.42 Å². The second kappa shape index (κ2) is 6.59. The first kappa shape index (κ1) is 15.8. The molecule has 0 fully saturated rings. The molecule has 0 atom stereocenters. The molecule has 0 aliphatic rings. The molecule has 0 saturated carbocycles. The normalized spacial score (nSPS) is 10.9. The summed E-state index contributed by atoms with van der Waals surface area (Å²) in [4.78, 5) is 12.3. The third-order valence-corrected chi connectivity index (χ3v) is 3.86. The standard InChI is InChI=1S/C17H19N5O2/c18-15-14(7-9-21(17(15)24)8-4-10-23)22-16(19)13(11-20-22)12-5-2-1-3-6-12/h1-3,5-7,9,11,23H,4,8,10,18-19H2. The number of anilines is 2. The van der Waals surface area contributed by atoms with Crippen LogP contribution < -0.4 is 17.0 Å². The van der Waals surface area contributed by atoms with Gasteiger partial charge in [0.25, 0.3) is 5.56 Å². The minimum Gasteiger partial charge on any atom is -0.396 e. The van der Waals surface area contributed by atoms with Gasteiger partial charge < -0.3 is 21.1 Å². The van der Waals surface area contributed by atoms with E-state index in [0.717, 1.165) is 11.1 Å². The smallest absolute Gasteiger partial charge is 0.275 e. The van der Waals surface area contributed by atoms with E-state index in [1.807, 2.05) is 30.3 Å². The Morgan fingerprint density at radius 2 is 1.88 bits per heavy atom. The van der Waals surface area contributed by atoms with Crippen LogP contribution in [0, 0.1) is 0 Å². The first-order chi connectivity index (χ1) is 11.6. The van der Waals surface area contributed by atoms with E-state index >= 15 is 0 Å². The van der Waals surface area contributed by atoms with Crippen LogP contribution in [0.25, 0.3) is 16.8 Å². The molecule has 2 heterocycles. The van der Waals surface area contributed by atoms with Gasteiger partial charge in [0.05, 0.1) is 11.9 Å². The van der Waals surface area contributed by atoms with Crippen molar-refractivity contribution in [1.29, 1.82) is 0 Å². The first-order valence-corrected chi connectivity index (χ1v) is 7.62. The maximum absolute atomic E-state index is 12.3. The van der Waals surface area contributed by atoms with Gasteiger partial charge in [-0.25, -0.2) is 4.68 Å². The lowest BCUT2D eigenvalue weighted by molar-refractivity contribution is 0.279. The molecule has 3 aromatic rings. The number of benzene rings is 1. The van der Waals surface area contributed by atoms with Crippen molar-refractivity contribution in [2.24, 2.45) is 0 Å². The highest BCUT2D eigenvalue weighted by Crippen LogP contribution is 2.28. The van der Waals surface area contributed by atoms with E-state index in [-0.39, 0.29) is 17.9 Å². The number of rotatable bonds is 5. The second-order valence-electron chi connectivity index (χ2n) is 5.41. The topological polar surface area (TPSA) is 112 Å². The quantitative estimate of drug-likeness (QED) is 0.653.